The molecule has 0 radical (unpaired) electrons. The van der Waals surface area contributed by atoms with Crippen LogP contribution in [0.3, 0.4) is 0 Å². The highest BCUT2D eigenvalue weighted by Gasteiger charge is 2.04. The van der Waals surface area contributed by atoms with Gasteiger partial charge in [0, 0.05) is 11.6 Å². The van der Waals surface area contributed by atoms with Gasteiger partial charge >= 0.3 is 0 Å². The molecule has 0 aliphatic rings. The third-order valence-electron chi connectivity index (χ3n) is 2.30. The van der Waals surface area contributed by atoms with Crippen molar-refractivity contribution in [1.29, 1.82) is 0 Å². The topological polar surface area (TPSA) is 43.1 Å². The van der Waals surface area contributed by atoms with E-state index in [2.05, 4.69) is 15.2 Å². The van der Waals surface area contributed by atoms with E-state index in [1.807, 2.05) is 41.8 Å². The highest BCUT2D eigenvalue weighted by atomic mass is 15.3. The number of hydrogen-bond donors (Lipinski definition) is 0. The Bertz CT molecular complexity index is 612. The molecule has 14 heavy (non-hydrogen) atoms. The van der Waals surface area contributed by atoms with Crippen molar-refractivity contribution in [2.45, 2.75) is 6.92 Å². The van der Waals surface area contributed by atoms with Crippen LogP contribution in [0.25, 0.3) is 16.7 Å². The van der Waals surface area contributed by atoms with E-state index < -0.39 is 0 Å². The fourth-order valence-electron chi connectivity index (χ4n) is 1.64. The first-order valence-electron chi connectivity index (χ1n) is 4.42. The monoisotopic (exact) mass is 184 g/mol. The van der Waals surface area contributed by atoms with Gasteiger partial charge in [0.2, 0.25) is 0 Å². The van der Waals surface area contributed by atoms with Gasteiger partial charge in [-0.1, -0.05) is 18.2 Å². The molecule has 0 saturated carbocycles. The quantitative estimate of drug-likeness (QED) is 0.532. The van der Waals surface area contributed by atoms with Crippen LogP contribution in [0.15, 0.2) is 30.5 Å². The molecular formula is C10H8N4. The van der Waals surface area contributed by atoms with Crippen LogP contribution < -0.4 is 0 Å². The highest BCUT2D eigenvalue weighted by molar-refractivity contribution is 5.80. The van der Waals surface area contributed by atoms with Gasteiger partial charge in [-0.15, -0.1) is 10.2 Å². The lowest BCUT2D eigenvalue weighted by atomic mass is 10.2. The number of fused-ring (bicyclic) bond motifs is 3. The van der Waals surface area contributed by atoms with Gasteiger partial charge in [0.25, 0.3) is 5.78 Å². The number of benzene rings is 1. The maximum Gasteiger partial charge on any atom is 0.255 e. The number of aryl methyl sites for hydroxylation is 1. The number of rotatable bonds is 0. The Kier molecular flexibility index (Phi) is 1.33. The molecule has 1 aromatic carbocycles. The molecule has 4 nitrogen and oxygen atoms in total. The van der Waals surface area contributed by atoms with E-state index in [9.17, 15) is 0 Å². The second-order valence-corrected chi connectivity index (χ2v) is 3.20. The van der Waals surface area contributed by atoms with Crippen LogP contribution in [0.2, 0.25) is 0 Å². The molecule has 0 aliphatic carbocycles. The van der Waals surface area contributed by atoms with Crippen molar-refractivity contribution in [3.8, 4) is 0 Å². The zero-order valence-corrected chi connectivity index (χ0v) is 7.68. The van der Waals surface area contributed by atoms with E-state index in [4.69, 9.17) is 0 Å². The number of nitrogens with zero attached hydrogens (tertiary/aromatic N) is 4. The second-order valence-electron chi connectivity index (χ2n) is 3.20. The SMILES string of the molecule is Cc1nnc2ncc3ccccc3n12. The van der Waals surface area contributed by atoms with Crippen molar-refractivity contribution < 1.29 is 0 Å². The van der Waals surface area contributed by atoms with Crippen LogP contribution in [0.4, 0.5) is 0 Å². The van der Waals surface area contributed by atoms with E-state index in [0.29, 0.717) is 5.78 Å². The van der Waals surface area contributed by atoms with Gasteiger partial charge in [-0.25, -0.2) is 4.98 Å². The molecule has 4 heteroatoms. The first-order chi connectivity index (χ1) is 6.86. The van der Waals surface area contributed by atoms with Gasteiger partial charge in [-0.2, -0.15) is 0 Å². The van der Waals surface area contributed by atoms with Crippen molar-refractivity contribution in [2.24, 2.45) is 0 Å². The van der Waals surface area contributed by atoms with Crippen LogP contribution in [0, 0.1) is 6.92 Å². The third-order valence-corrected chi connectivity index (χ3v) is 2.30. The van der Waals surface area contributed by atoms with Gasteiger partial charge in [0.05, 0.1) is 5.52 Å². The summed E-state index contributed by atoms with van der Waals surface area (Å²) in [6, 6.07) is 8.07. The highest BCUT2D eigenvalue weighted by Crippen LogP contribution is 2.14. The van der Waals surface area contributed by atoms with Crippen molar-refractivity contribution in [3.05, 3.63) is 36.3 Å². The summed E-state index contributed by atoms with van der Waals surface area (Å²) in [6.45, 7) is 1.92. The number of para-hydroxylation sites is 1. The van der Waals surface area contributed by atoms with E-state index in [1.165, 1.54) is 0 Å². The van der Waals surface area contributed by atoms with Crippen LogP contribution in [0.5, 0.6) is 0 Å². The molecule has 0 spiro atoms. The van der Waals surface area contributed by atoms with Crippen molar-refractivity contribution in [3.63, 3.8) is 0 Å². The molecule has 0 amide bonds. The first-order valence-corrected chi connectivity index (χ1v) is 4.42. The average molecular weight is 184 g/mol. The minimum atomic E-state index is 0.654. The van der Waals surface area contributed by atoms with Crippen molar-refractivity contribution >= 4 is 16.7 Å². The molecule has 68 valence electrons. The Hall–Kier alpha value is -1.97. The van der Waals surface area contributed by atoms with Gasteiger partial charge < -0.3 is 0 Å². The van der Waals surface area contributed by atoms with Crippen molar-refractivity contribution in [1.82, 2.24) is 19.6 Å². The van der Waals surface area contributed by atoms with Gasteiger partial charge in [0.1, 0.15) is 5.82 Å². The molecule has 2 heterocycles. The third kappa shape index (κ3) is 0.849. The zero-order valence-electron chi connectivity index (χ0n) is 7.68. The summed E-state index contributed by atoms with van der Waals surface area (Å²) in [4.78, 5) is 4.22. The minimum Gasteiger partial charge on any atom is -0.263 e. The standard InChI is InChI=1S/C10H8N4/c1-7-12-13-10-11-6-8-4-2-3-5-9(8)14(7)10/h2-6H,1H3. The number of hydrogen-bond acceptors (Lipinski definition) is 3. The largest absolute Gasteiger partial charge is 0.263 e. The Morgan fingerprint density at radius 3 is 2.93 bits per heavy atom. The molecule has 0 N–H and O–H groups in total. The first kappa shape index (κ1) is 7.44. The van der Waals surface area contributed by atoms with Gasteiger partial charge in [-0.3, -0.25) is 4.40 Å². The molecular weight excluding hydrogens is 176 g/mol. The Labute approximate surface area is 80.2 Å². The summed E-state index contributed by atoms with van der Waals surface area (Å²) < 4.78 is 1.95. The van der Waals surface area contributed by atoms with Gasteiger partial charge in [0.15, 0.2) is 0 Å². The Morgan fingerprint density at radius 2 is 2.00 bits per heavy atom. The lowest BCUT2D eigenvalue weighted by Crippen LogP contribution is -1.92. The molecule has 3 rings (SSSR count). The summed E-state index contributed by atoms with van der Waals surface area (Å²) >= 11 is 0. The molecule has 0 bridgehead atoms. The minimum absolute atomic E-state index is 0.654. The summed E-state index contributed by atoms with van der Waals surface area (Å²) in [5, 5.41) is 9.07. The predicted octanol–water partition coefficient (Wildman–Crippen LogP) is 1.59. The summed E-state index contributed by atoms with van der Waals surface area (Å²) in [7, 11) is 0. The molecule has 0 fully saturated rings. The van der Waals surface area contributed by atoms with E-state index >= 15 is 0 Å². The Morgan fingerprint density at radius 1 is 1.14 bits per heavy atom. The summed E-state index contributed by atoms with van der Waals surface area (Å²) in [6.07, 6.45) is 1.82. The lowest BCUT2D eigenvalue weighted by molar-refractivity contribution is 1.02. The molecule has 0 atom stereocenters. The maximum atomic E-state index is 4.22. The smallest absolute Gasteiger partial charge is 0.255 e. The van der Waals surface area contributed by atoms with Gasteiger partial charge in [-0.05, 0) is 13.0 Å². The molecule has 3 aromatic rings. The van der Waals surface area contributed by atoms with Crippen molar-refractivity contribution in [2.75, 3.05) is 0 Å². The normalized spacial score (nSPS) is 11.2. The summed E-state index contributed by atoms with van der Waals surface area (Å²) in [5.41, 5.74) is 1.10. The Balaban J connectivity index is 2.65. The molecule has 0 aliphatic heterocycles. The molecule has 2 aromatic heterocycles. The van der Waals surface area contributed by atoms with E-state index in [1.54, 1.807) is 0 Å². The van der Waals surface area contributed by atoms with Crippen LogP contribution in [-0.4, -0.2) is 19.6 Å². The fraction of sp³-hybridized carbons (Fsp3) is 0.100. The number of aromatic nitrogens is 4. The lowest BCUT2D eigenvalue weighted by Gasteiger charge is -2.00. The molecule has 0 saturated heterocycles. The average Bonchev–Trinajstić information content (AvgIpc) is 2.61. The van der Waals surface area contributed by atoms with Crippen LogP contribution in [-0.2, 0) is 0 Å². The second kappa shape index (κ2) is 2.51. The zero-order chi connectivity index (χ0) is 9.54. The summed E-state index contributed by atoms with van der Waals surface area (Å²) in [5.74, 6) is 1.52. The fourth-order valence-corrected chi connectivity index (χ4v) is 1.64. The predicted molar refractivity (Wildman–Crippen MR) is 53.0 cm³/mol. The molecule has 0 unspecified atom stereocenters. The van der Waals surface area contributed by atoms with E-state index in [-0.39, 0.29) is 0 Å². The van der Waals surface area contributed by atoms with Crippen LogP contribution in [0.1, 0.15) is 5.82 Å². The maximum absolute atomic E-state index is 4.22. The van der Waals surface area contributed by atoms with E-state index in [0.717, 1.165) is 16.7 Å². The van der Waals surface area contributed by atoms with Crippen LogP contribution >= 0.6 is 0 Å².